The van der Waals surface area contributed by atoms with Gasteiger partial charge in [0.15, 0.2) is 0 Å². The Morgan fingerprint density at radius 2 is 1.89 bits per heavy atom. The molecule has 2 aliphatic heterocycles. The summed E-state index contributed by atoms with van der Waals surface area (Å²) in [7, 11) is 5.74. The van der Waals surface area contributed by atoms with Crippen molar-refractivity contribution in [3.63, 3.8) is 0 Å². The first-order valence-corrected chi connectivity index (χ1v) is 10.1. The molecule has 0 N–H and O–H groups in total. The SMILES string of the molecule is COc1ccccc1N1CCN(C(=O)C2CC(=O)N(CCCN(C)C)C2)CC1. The first-order chi connectivity index (χ1) is 13.5. The van der Waals surface area contributed by atoms with E-state index in [1.807, 2.05) is 42.1 Å². The molecule has 7 nitrogen and oxygen atoms in total. The van der Waals surface area contributed by atoms with Crippen molar-refractivity contribution in [1.29, 1.82) is 0 Å². The maximum atomic E-state index is 12.9. The number of piperazine rings is 1. The van der Waals surface area contributed by atoms with Gasteiger partial charge in [-0.3, -0.25) is 9.59 Å². The van der Waals surface area contributed by atoms with Gasteiger partial charge in [0.1, 0.15) is 5.75 Å². The Labute approximate surface area is 167 Å². The summed E-state index contributed by atoms with van der Waals surface area (Å²) in [6, 6.07) is 7.98. The smallest absolute Gasteiger partial charge is 0.228 e. The van der Waals surface area contributed by atoms with Crippen molar-refractivity contribution in [3.8, 4) is 5.75 Å². The zero-order valence-corrected chi connectivity index (χ0v) is 17.3. The summed E-state index contributed by atoms with van der Waals surface area (Å²) in [6.45, 7) is 5.18. The first kappa shape index (κ1) is 20.5. The van der Waals surface area contributed by atoms with Crippen molar-refractivity contribution in [2.75, 3.05) is 71.9 Å². The molecule has 0 saturated carbocycles. The van der Waals surface area contributed by atoms with Crippen LogP contribution in [0.5, 0.6) is 5.75 Å². The molecule has 0 spiro atoms. The summed E-state index contributed by atoms with van der Waals surface area (Å²) in [6.07, 6.45) is 1.30. The molecule has 2 fully saturated rings. The number of methoxy groups -OCH3 is 1. The Morgan fingerprint density at radius 1 is 1.18 bits per heavy atom. The summed E-state index contributed by atoms with van der Waals surface area (Å²) >= 11 is 0. The van der Waals surface area contributed by atoms with Crippen LogP contribution in [0, 0.1) is 5.92 Å². The lowest BCUT2D eigenvalue weighted by atomic mass is 10.1. The third kappa shape index (κ3) is 4.76. The standard InChI is InChI=1S/C21H32N4O3/c1-22(2)9-6-10-25-16-17(15-20(25)26)21(27)24-13-11-23(12-14-24)18-7-4-5-8-19(18)28-3/h4-5,7-8,17H,6,9-16H2,1-3H3. The topological polar surface area (TPSA) is 56.3 Å². The number of amides is 2. The second-order valence-corrected chi connectivity index (χ2v) is 7.88. The van der Waals surface area contributed by atoms with Crippen LogP contribution in [-0.2, 0) is 9.59 Å². The molecule has 0 aliphatic carbocycles. The molecule has 7 heteroatoms. The maximum absolute atomic E-state index is 12.9. The fraction of sp³-hybridized carbons (Fsp3) is 0.619. The van der Waals surface area contributed by atoms with Crippen molar-refractivity contribution < 1.29 is 14.3 Å². The molecule has 1 aromatic rings. The quantitative estimate of drug-likeness (QED) is 0.701. The molecule has 0 radical (unpaired) electrons. The van der Waals surface area contributed by atoms with Crippen LogP contribution in [0.15, 0.2) is 24.3 Å². The molecule has 2 aliphatic rings. The van der Waals surface area contributed by atoms with Gasteiger partial charge in [0.25, 0.3) is 0 Å². The Morgan fingerprint density at radius 3 is 2.57 bits per heavy atom. The van der Waals surface area contributed by atoms with Crippen molar-refractivity contribution in [2.45, 2.75) is 12.8 Å². The molecular weight excluding hydrogens is 356 g/mol. The van der Waals surface area contributed by atoms with E-state index in [2.05, 4.69) is 15.9 Å². The lowest BCUT2D eigenvalue weighted by Crippen LogP contribution is -2.50. The predicted octanol–water partition coefficient (Wildman–Crippen LogP) is 1.14. The molecular formula is C21H32N4O3. The number of benzene rings is 1. The van der Waals surface area contributed by atoms with E-state index in [0.717, 1.165) is 44.0 Å². The van der Waals surface area contributed by atoms with Gasteiger partial charge in [0.2, 0.25) is 11.8 Å². The van der Waals surface area contributed by atoms with E-state index in [9.17, 15) is 9.59 Å². The Hall–Kier alpha value is -2.28. The number of ether oxygens (including phenoxy) is 1. The average molecular weight is 389 g/mol. The van der Waals surface area contributed by atoms with E-state index in [4.69, 9.17) is 4.74 Å². The normalized spacial score (nSPS) is 20.2. The Bertz CT molecular complexity index is 686. The summed E-state index contributed by atoms with van der Waals surface area (Å²) in [5.74, 6) is 0.912. The molecule has 2 saturated heterocycles. The fourth-order valence-electron chi connectivity index (χ4n) is 4.05. The number of rotatable bonds is 7. The van der Waals surface area contributed by atoms with Crippen molar-refractivity contribution >= 4 is 17.5 Å². The third-order valence-electron chi connectivity index (χ3n) is 5.61. The van der Waals surface area contributed by atoms with Gasteiger partial charge in [0.05, 0.1) is 18.7 Å². The minimum Gasteiger partial charge on any atom is -0.495 e. The summed E-state index contributed by atoms with van der Waals surface area (Å²) in [5.41, 5.74) is 1.07. The van der Waals surface area contributed by atoms with Gasteiger partial charge in [-0.05, 0) is 39.2 Å². The number of nitrogens with zero attached hydrogens (tertiary/aromatic N) is 4. The van der Waals surface area contributed by atoms with Crippen LogP contribution in [0.2, 0.25) is 0 Å². The van der Waals surface area contributed by atoms with Crippen molar-refractivity contribution in [3.05, 3.63) is 24.3 Å². The molecule has 154 valence electrons. The summed E-state index contributed by atoms with van der Waals surface area (Å²) in [4.78, 5) is 33.4. The van der Waals surface area contributed by atoms with Gasteiger partial charge in [0, 0.05) is 45.7 Å². The Balaban J connectivity index is 1.51. The van der Waals surface area contributed by atoms with E-state index < -0.39 is 0 Å². The first-order valence-electron chi connectivity index (χ1n) is 10.1. The van der Waals surface area contributed by atoms with E-state index in [0.29, 0.717) is 26.1 Å². The highest BCUT2D eigenvalue weighted by atomic mass is 16.5. The highest BCUT2D eigenvalue weighted by molar-refractivity contribution is 5.89. The molecule has 0 bridgehead atoms. The predicted molar refractivity (Wildman–Crippen MR) is 110 cm³/mol. The van der Waals surface area contributed by atoms with Crippen LogP contribution >= 0.6 is 0 Å². The van der Waals surface area contributed by atoms with E-state index in [1.165, 1.54) is 0 Å². The number of likely N-dealkylation sites (tertiary alicyclic amines) is 1. The van der Waals surface area contributed by atoms with E-state index >= 15 is 0 Å². The number of carbonyl (C=O) groups is 2. The largest absolute Gasteiger partial charge is 0.495 e. The number of para-hydroxylation sites is 2. The van der Waals surface area contributed by atoms with Gasteiger partial charge in [-0.15, -0.1) is 0 Å². The number of anilines is 1. The van der Waals surface area contributed by atoms with Gasteiger partial charge in [-0.1, -0.05) is 12.1 Å². The van der Waals surface area contributed by atoms with Gasteiger partial charge < -0.3 is 24.3 Å². The lowest BCUT2D eigenvalue weighted by molar-refractivity contribution is -0.136. The molecule has 1 atom stereocenters. The van der Waals surface area contributed by atoms with Crippen molar-refractivity contribution in [1.82, 2.24) is 14.7 Å². The van der Waals surface area contributed by atoms with Crippen LogP contribution in [0.25, 0.3) is 0 Å². The Kier molecular flexibility index (Phi) is 6.78. The molecule has 28 heavy (non-hydrogen) atoms. The monoisotopic (exact) mass is 388 g/mol. The second kappa shape index (κ2) is 9.28. The van der Waals surface area contributed by atoms with Crippen LogP contribution in [0.4, 0.5) is 5.69 Å². The molecule has 0 aromatic heterocycles. The van der Waals surface area contributed by atoms with Crippen LogP contribution in [-0.4, -0.2) is 93.5 Å². The number of carbonyl (C=O) groups excluding carboxylic acids is 2. The van der Waals surface area contributed by atoms with E-state index in [1.54, 1.807) is 7.11 Å². The molecule has 3 rings (SSSR count). The minimum atomic E-state index is -0.190. The van der Waals surface area contributed by atoms with E-state index in [-0.39, 0.29) is 17.7 Å². The summed E-state index contributed by atoms with van der Waals surface area (Å²) in [5, 5.41) is 0. The highest BCUT2D eigenvalue weighted by Gasteiger charge is 2.37. The zero-order chi connectivity index (χ0) is 20.1. The van der Waals surface area contributed by atoms with Gasteiger partial charge >= 0.3 is 0 Å². The van der Waals surface area contributed by atoms with Crippen LogP contribution < -0.4 is 9.64 Å². The van der Waals surface area contributed by atoms with Crippen LogP contribution in [0.3, 0.4) is 0 Å². The second-order valence-electron chi connectivity index (χ2n) is 7.88. The number of hydrogen-bond acceptors (Lipinski definition) is 5. The highest BCUT2D eigenvalue weighted by Crippen LogP contribution is 2.29. The minimum absolute atomic E-state index is 0.116. The number of hydrogen-bond donors (Lipinski definition) is 0. The summed E-state index contributed by atoms with van der Waals surface area (Å²) < 4.78 is 5.46. The molecule has 1 aromatic carbocycles. The van der Waals surface area contributed by atoms with Crippen molar-refractivity contribution in [2.24, 2.45) is 5.92 Å². The van der Waals surface area contributed by atoms with Gasteiger partial charge in [-0.2, -0.15) is 0 Å². The lowest BCUT2D eigenvalue weighted by Gasteiger charge is -2.37. The van der Waals surface area contributed by atoms with Crippen LogP contribution in [0.1, 0.15) is 12.8 Å². The average Bonchev–Trinajstić information content (AvgIpc) is 3.08. The molecule has 1 unspecified atom stereocenters. The molecule has 2 amide bonds. The zero-order valence-electron chi connectivity index (χ0n) is 17.3. The maximum Gasteiger partial charge on any atom is 0.228 e. The molecule has 2 heterocycles. The van der Waals surface area contributed by atoms with Gasteiger partial charge in [-0.25, -0.2) is 0 Å². The third-order valence-corrected chi connectivity index (χ3v) is 5.61. The fourth-order valence-corrected chi connectivity index (χ4v) is 4.05.